The summed E-state index contributed by atoms with van der Waals surface area (Å²) < 4.78 is 6.14. The Hall–Kier alpha value is -3.35. The van der Waals surface area contributed by atoms with Crippen molar-refractivity contribution in [2.24, 2.45) is 5.92 Å². The molecule has 1 heterocycles. The van der Waals surface area contributed by atoms with Crippen LogP contribution in [-0.2, 0) is 0 Å². The molecule has 4 N–H and O–H groups in total. The number of ether oxygens (including phenoxy) is 1. The number of anilines is 1. The first-order chi connectivity index (χ1) is 17.7. The van der Waals surface area contributed by atoms with Crippen molar-refractivity contribution in [3.05, 3.63) is 94.0 Å². The predicted molar refractivity (Wildman–Crippen MR) is 151 cm³/mol. The van der Waals surface area contributed by atoms with E-state index in [0.717, 1.165) is 37.2 Å². The van der Waals surface area contributed by atoms with Gasteiger partial charge in [-0.15, -0.1) is 0 Å². The van der Waals surface area contributed by atoms with Gasteiger partial charge in [-0.05, 0) is 79.9 Å². The van der Waals surface area contributed by atoms with Crippen LogP contribution in [0, 0.1) is 11.3 Å². The topological polar surface area (TPSA) is 91.4 Å². The summed E-state index contributed by atoms with van der Waals surface area (Å²) in [4.78, 5) is 15.5. The first-order valence-electron chi connectivity index (χ1n) is 12.7. The van der Waals surface area contributed by atoms with E-state index >= 15 is 0 Å². The number of carbonyl (C=O) groups excluding carboxylic acids is 1. The molecule has 1 fully saturated rings. The number of amides is 1. The fourth-order valence-corrected chi connectivity index (χ4v) is 4.87. The summed E-state index contributed by atoms with van der Waals surface area (Å²) in [5.74, 6) is 0.687. The van der Waals surface area contributed by atoms with Crippen molar-refractivity contribution in [1.29, 1.82) is 5.41 Å². The number of piperidine rings is 1. The third kappa shape index (κ3) is 6.51. The SMILES string of the molecule is CC(C)C(NC(=O)c1ccc(N)c(C(=N)c2ccc(OC3CCN(C)CC3)cc2)c1)c1ccccc1Cl. The Bertz CT molecular complexity index is 1250. The van der Waals surface area contributed by atoms with E-state index in [2.05, 4.69) is 17.3 Å². The van der Waals surface area contributed by atoms with Gasteiger partial charge >= 0.3 is 0 Å². The maximum absolute atomic E-state index is 13.2. The molecule has 1 aliphatic heterocycles. The molecular formula is C30H35ClN4O2. The van der Waals surface area contributed by atoms with Gasteiger partial charge in [-0.1, -0.05) is 43.6 Å². The van der Waals surface area contributed by atoms with Gasteiger partial charge in [0.25, 0.3) is 5.91 Å². The summed E-state index contributed by atoms with van der Waals surface area (Å²) in [6, 6.07) is 19.8. The number of nitrogen functional groups attached to an aromatic ring is 1. The van der Waals surface area contributed by atoms with Gasteiger partial charge in [0.1, 0.15) is 11.9 Å². The molecule has 0 spiro atoms. The van der Waals surface area contributed by atoms with E-state index in [9.17, 15) is 4.79 Å². The number of nitrogens with zero attached hydrogens (tertiary/aromatic N) is 1. The molecule has 1 atom stereocenters. The normalized spacial score (nSPS) is 15.4. The summed E-state index contributed by atoms with van der Waals surface area (Å²) in [6.07, 6.45) is 2.23. The molecule has 7 heteroatoms. The van der Waals surface area contributed by atoms with Crippen molar-refractivity contribution in [3.63, 3.8) is 0 Å². The smallest absolute Gasteiger partial charge is 0.251 e. The Morgan fingerprint density at radius 3 is 2.35 bits per heavy atom. The summed E-state index contributed by atoms with van der Waals surface area (Å²) in [5, 5.41) is 12.5. The second kappa shape index (κ2) is 11.8. The van der Waals surface area contributed by atoms with E-state index in [-0.39, 0.29) is 29.7 Å². The molecule has 6 nitrogen and oxygen atoms in total. The third-order valence-corrected chi connectivity index (χ3v) is 7.23. The first-order valence-corrected chi connectivity index (χ1v) is 13.1. The molecule has 0 saturated carbocycles. The maximum atomic E-state index is 13.2. The van der Waals surface area contributed by atoms with E-state index in [1.807, 2.05) is 62.4 Å². The molecular weight excluding hydrogens is 484 g/mol. The Labute approximate surface area is 224 Å². The number of nitrogens with two attached hydrogens (primary N) is 1. The van der Waals surface area contributed by atoms with Crippen LogP contribution in [0.1, 0.15) is 59.8 Å². The van der Waals surface area contributed by atoms with Crippen molar-refractivity contribution >= 4 is 28.9 Å². The molecule has 1 aliphatic rings. The number of nitrogens with one attached hydrogen (secondary N) is 2. The minimum Gasteiger partial charge on any atom is -0.490 e. The average molecular weight is 519 g/mol. The lowest BCUT2D eigenvalue weighted by molar-refractivity contribution is 0.0925. The molecule has 0 aromatic heterocycles. The Balaban J connectivity index is 1.49. The van der Waals surface area contributed by atoms with Crippen LogP contribution in [-0.4, -0.2) is 42.8 Å². The predicted octanol–water partition coefficient (Wildman–Crippen LogP) is 5.94. The molecule has 1 amide bonds. The van der Waals surface area contributed by atoms with Crippen LogP contribution < -0.4 is 15.8 Å². The molecule has 0 aliphatic carbocycles. The van der Waals surface area contributed by atoms with Crippen LogP contribution in [0.2, 0.25) is 5.02 Å². The van der Waals surface area contributed by atoms with E-state index in [1.54, 1.807) is 18.2 Å². The molecule has 0 radical (unpaired) electrons. The Morgan fingerprint density at radius 2 is 1.70 bits per heavy atom. The zero-order valence-corrected chi connectivity index (χ0v) is 22.4. The van der Waals surface area contributed by atoms with Gasteiger partial charge in [0.15, 0.2) is 0 Å². The standard InChI is InChI=1S/C30H35ClN4O2/c1-19(2)29(24-6-4-5-7-26(24)31)34-30(36)21-10-13-27(32)25(18-21)28(33)20-8-11-22(12-9-20)37-23-14-16-35(3)17-15-23/h4-13,18-19,23,29,33H,14-17,32H2,1-3H3,(H,34,36). The molecule has 194 valence electrons. The number of carbonyl (C=O) groups is 1. The van der Waals surface area contributed by atoms with Gasteiger partial charge in [0, 0.05) is 40.5 Å². The van der Waals surface area contributed by atoms with Gasteiger partial charge in [0.05, 0.1) is 11.8 Å². The maximum Gasteiger partial charge on any atom is 0.251 e. The van der Waals surface area contributed by atoms with Crippen LogP contribution >= 0.6 is 11.6 Å². The highest BCUT2D eigenvalue weighted by molar-refractivity contribution is 6.31. The van der Waals surface area contributed by atoms with E-state index in [0.29, 0.717) is 27.4 Å². The molecule has 1 unspecified atom stereocenters. The summed E-state index contributed by atoms with van der Waals surface area (Å²) in [7, 11) is 2.13. The van der Waals surface area contributed by atoms with Crippen LogP contribution in [0.25, 0.3) is 0 Å². The van der Waals surface area contributed by atoms with Crippen molar-refractivity contribution in [3.8, 4) is 5.75 Å². The Kier molecular flexibility index (Phi) is 8.52. The zero-order valence-electron chi connectivity index (χ0n) is 21.6. The first kappa shape index (κ1) is 26.7. The number of benzene rings is 3. The quantitative estimate of drug-likeness (QED) is 0.254. The van der Waals surface area contributed by atoms with Crippen LogP contribution in [0.15, 0.2) is 66.7 Å². The average Bonchev–Trinajstić information content (AvgIpc) is 2.89. The van der Waals surface area contributed by atoms with Crippen LogP contribution in [0.3, 0.4) is 0 Å². The van der Waals surface area contributed by atoms with Gasteiger partial charge in [-0.3, -0.25) is 10.2 Å². The minimum absolute atomic E-state index is 0.130. The van der Waals surface area contributed by atoms with Crippen LogP contribution in [0.5, 0.6) is 5.75 Å². The minimum atomic E-state index is -0.251. The van der Waals surface area contributed by atoms with Crippen molar-refractivity contribution in [2.75, 3.05) is 25.9 Å². The zero-order chi connectivity index (χ0) is 26.5. The molecule has 3 aromatic carbocycles. The molecule has 37 heavy (non-hydrogen) atoms. The van der Waals surface area contributed by atoms with Crippen molar-refractivity contribution < 1.29 is 9.53 Å². The second-order valence-electron chi connectivity index (χ2n) is 10.0. The number of hydrogen-bond donors (Lipinski definition) is 3. The van der Waals surface area contributed by atoms with E-state index in [1.165, 1.54) is 0 Å². The van der Waals surface area contributed by atoms with E-state index < -0.39 is 0 Å². The fourth-order valence-electron chi connectivity index (χ4n) is 4.62. The monoisotopic (exact) mass is 518 g/mol. The van der Waals surface area contributed by atoms with Gasteiger partial charge in [-0.2, -0.15) is 0 Å². The highest BCUT2D eigenvalue weighted by Gasteiger charge is 2.22. The van der Waals surface area contributed by atoms with Gasteiger partial charge < -0.3 is 20.7 Å². The largest absolute Gasteiger partial charge is 0.490 e. The lowest BCUT2D eigenvalue weighted by Crippen LogP contribution is -2.35. The summed E-state index contributed by atoms with van der Waals surface area (Å²) in [5.41, 5.74) is 9.46. The third-order valence-electron chi connectivity index (χ3n) is 6.89. The lowest BCUT2D eigenvalue weighted by Gasteiger charge is -2.29. The number of rotatable bonds is 8. The highest BCUT2D eigenvalue weighted by atomic mass is 35.5. The number of halogens is 1. The summed E-state index contributed by atoms with van der Waals surface area (Å²) >= 11 is 6.41. The van der Waals surface area contributed by atoms with Gasteiger partial charge in [-0.25, -0.2) is 0 Å². The van der Waals surface area contributed by atoms with Crippen LogP contribution in [0.4, 0.5) is 5.69 Å². The fraction of sp³-hybridized carbons (Fsp3) is 0.333. The van der Waals surface area contributed by atoms with Crippen molar-refractivity contribution in [1.82, 2.24) is 10.2 Å². The molecule has 4 rings (SSSR count). The van der Waals surface area contributed by atoms with Gasteiger partial charge in [0.2, 0.25) is 0 Å². The highest BCUT2D eigenvalue weighted by Crippen LogP contribution is 2.29. The summed E-state index contributed by atoms with van der Waals surface area (Å²) in [6.45, 7) is 6.15. The lowest BCUT2D eigenvalue weighted by atomic mass is 9.95. The Morgan fingerprint density at radius 1 is 1.05 bits per heavy atom. The number of hydrogen-bond acceptors (Lipinski definition) is 5. The molecule has 0 bridgehead atoms. The van der Waals surface area contributed by atoms with Crippen molar-refractivity contribution in [2.45, 2.75) is 38.8 Å². The number of likely N-dealkylation sites (tertiary alicyclic amines) is 1. The van der Waals surface area contributed by atoms with E-state index in [4.69, 9.17) is 27.5 Å². The molecule has 1 saturated heterocycles. The second-order valence-corrected chi connectivity index (χ2v) is 10.4. The molecule has 3 aromatic rings.